The number of H-pyrrole nitrogens is 2. The minimum atomic E-state index is -1.17. The van der Waals surface area contributed by atoms with Crippen molar-refractivity contribution in [2.45, 2.75) is 19.4 Å². The van der Waals surface area contributed by atoms with Gasteiger partial charge in [0.05, 0.1) is 6.20 Å². The van der Waals surface area contributed by atoms with Crippen molar-refractivity contribution in [3.63, 3.8) is 0 Å². The molecule has 74 valence electrons. The van der Waals surface area contributed by atoms with Gasteiger partial charge in [0.1, 0.15) is 16.8 Å². The van der Waals surface area contributed by atoms with Gasteiger partial charge in [-0.2, -0.15) is 5.10 Å². The predicted molar refractivity (Wildman–Crippen MR) is 49.8 cm³/mol. The highest BCUT2D eigenvalue weighted by atomic mass is 16.3. The minimum absolute atomic E-state index is 0.222. The number of fused-ring (bicyclic) bond motifs is 1. The number of aromatic nitrogens is 4. The van der Waals surface area contributed by atoms with Gasteiger partial charge in [-0.05, 0) is 13.8 Å². The van der Waals surface area contributed by atoms with E-state index < -0.39 is 5.60 Å². The Hall–Kier alpha value is -1.69. The normalized spacial score (nSPS) is 12.2. The summed E-state index contributed by atoms with van der Waals surface area (Å²) in [5.41, 5.74) is -1.09. The van der Waals surface area contributed by atoms with Gasteiger partial charge in [0.2, 0.25) is 0 Å². The molecular weight excluding hydrogens is 184 g/mol. The second kappa shape index (κ2) is 2.65. The van der Waals surface area contributed by atoms with Crippen molar-refractivity contribution in [3.05, 3.63) is 22.4 Å². The number of nitrogens with zero attached hydrogens (tertiary/aromatic N) is 2. The van der Waals surface area contributed by atoms with Crippen LogP contribution in [0.3, 0.4) is 0 Å². The lowest BCUT2D eigenvalue weighted by Gasteiger charge is -2.14. The third-order valence-electron chi connectivity index (χ3n) is 1.90. The highest BCUT2D eigenvalue weighted by Gasteiger charge is 2.20. The van der Waals surface area contributed by atoms with Crippen LogP contribution in [0.5, 0.6) is 0 Å². The predicted octanol–water partition coefficient (Wildman–Crippen LogP) is -0.126. The zero-order valence-electron chi connectivity index (χ0n) is 7.83. The zero-order valence-corrected chi connectivity index (χ0v) is 7.83. The molecule has 0 unspecified atom stereocenters. The summed E-state index contributed by atoms with van der Waals surface area (Å²) in [5, 5.41) is 16.3. The Morgan fingerprint density at radius 3 is 2.86 bits per heavy atom. The van der Waals surface area contributed by atoms with Crippen LogP contribution >= 0.6 is 0 Å². The molecule has 3 N–H and O–H groups in total. The van der Waals surface area contributed by atoms with Gasteiger partial charge >= 0.3 is 0 Å². The van der Waals surface area contributed by atoms with E-state index >= 15 is 0 Å². The molecule has 6 heteroatoms. The number of hydrogen-bond donors (Lipinski definition) is 3. The molecule has 0 amide bonds. The first kappa shape index (κ1) is 8.89. The standard InChI is InChI=1S/C8H10N4O2/c1-8(2,14)7-10-5-4(3-9-12-5)6(13)11-7/h3,14H,1-2H3,(H2,9,10,11,12,13). The molecule has 2 heterocycles. The van der Waals surface area contributed by atoms with E-state index in [2.05, 4.69) is 20.2 Å². The summed E-state index contributed by atoms with van der Waals surface area (Å²) in [6.07, 6.45) is 1.40. The lowest BCUT2D eigenvalue weighted by molar-refractivity contribution is 0.0688. The van der Waals surface area contributed by atoms with Gasteiger partial charge in [0.15, 0.2) is 5.65 Å². The summed E-state index contributed by atoms with van der Waals surface area (Å²) in [6.45, 7) is 3.10. The van der Waals surface area contributed by atoms with Crippen molar-refractivity contribution in [3.8, 4) is 0 Å². The van der Waals surface area contributed by atoms with Gasteiger partial charge in [0, 0.05) is 0 Å². The molecule has 14 heavy (non-hydrogen) atoms. The fourth-order valence-corrected chi connectivity index (χ4v) is 1.14. The quantitative estimate of drug-likeness (QED) is 0.589. The summed E-state index contributed by atoms with van der Waals surface area (Å²) >= 11 is 0. The van der Waals surface area contributed by atoms with Gasteiger partial charge in [-0.15, -0.1) is 0 Å². The third kappa shape index (κ3) is 1.29. The number of hydrogen-bond acceptors (Lipinski definition) is 4. The Balaban J connectivity index is 2.77. The van der Waals surface area contributed by atoms with E-state index in [4.69, 9.17) is 0 Å². The lowest BCUT2D eigenvalue weighted by atomic mass is 10.1. The summed E-state index contributed by atoms with van der Waals surface area (Å²) in [7, 11) is 0. The molecule has 2 aromatic heterocycles. The van der Waals surface area contributed by atoms with Gasteiger partial charge in [0.25, 0.3) is 5.56 Å². The average molecular weight is 194 g/mol. The average Bonchev–Trinajstić information content (AvgIpc) is 2.50. The number of aromatic amines is 2. The Morgan fingerprint density at radius 1 is 1.50 bits per heavy atom. The van der Waals surface area contributed by atoms with Crippen LogP contribution in [0.4, 0.5) is 0 Å². The van der Waals surface area contributed by atoms with Gasteiger partial charge in [-0.3, -0.25) is 9.89 Å². The van der Waals surface area contributed by atoms with Crippen LogP contribution in [0.25, 0.3) is 11.0 Å². The molecule has 0 aliphatic rings. The summed E-state index contributed by atoms with van der Waals surface area (Å²) in [5.74, 6) is 0.222. The topological polar surface area (TPSA) is 94.7 Å². The van der Waals surface area contributed by atoms with Crippen LogP contribution in [0.2, 0.25) is 0 Å². The Labute approximate surface area is 79.0 Å². The smallest absolute Gasteiger partial charge is 0.262 e. The monoisotopic (exact) mass is 194 g/mol. The minimum Gasteiger partial charge on any atom is -0.383 e. The van der Waals surface area contributed by atoms with E-state index in [0.717, 1.165) is 0 Å². The van der Waals surface area contributed by atoms with Crippen LogP contribution in [0.15, 0.2) is 11.0 Å². The maximum atomic E-state index is 11.4. The van der Waals surface area contributed by atoms with Crippen molar-refractivity contribution in [2.24, 2.45) is 0 Å². The largest absolute Gasteiger partial charge is 0.383 e. The highest BCUT2D eigenvalue weighted by molar-refractivity contribution is 5.72. The van der Waals surface area contributed by atoms with E-state index in [1.807, 2.05) is 0 Å². The maximum absolute atomic E-state index is 11.4. The molecule has 0 fully saturated rings. The Kier molecular flexibility index (Phi) is 1.68. The summed E-state index contributed by atoms with van der Waals surface area (Å²) in [6, 6.07) is 0. The van der Waals surface area contributed by atoms with Gasteiger partial charge in [-0.1, -0.05) is 0 Å². The maximum Gasteiger partial charge on any atom is 0.262 e. The van der Waals surface area contributed by atoms with E-state index in [9.17, 15) is 9.90 Å². The molecule has 0 radical (unpaired) electrons. The number of nitrogens with one attached hydrogen (secondary N) is 2. The SMILES string of the molecule is CC(C)(O)c1nc2[nH]ncc2c(=O)[nH]1. The molecule has 0 bridgehead atoms. The fourth-order valence-electron chi connectivity index (χ4n) is 1.14. The van der Waals surface area contributed by atoms with Gasteiger partial charge in [-0.25, -0.2) is 4.98 Å². The van der Waals surface area contributed by atoms with E-state index in [-0.39, 0.29) is 11.4 Å². The number of rotatable bonds is 1. The molecule has 0 atom stereocenters. The second-order valence-corrected chi connectivity index (χ2v) is 3.61. The van der Waals surface area contributed by atoms with Crippen molar-refractivity contribution in [1.82, 2.24) is 20.2 Å². The Bertz CT molecular complexity index is 520. The van der Waals surface area contributed by atoms with E-state index in [1.54, 1.807) is 13.8 Å². The molecule has 2 rings (SSSR count). The van der Waals surface area contributed by atoms with Crippen molar-refractivity contribution in [2.75, 3.05) is 0 Å². The Morgan fingerprint density at radius 2 is 2.21 bits per heavy atom. The van der Waals surface area contributed by atoms with E-state index in [1.165, 1.54) is 6.20 Å². The summed E-state index contributed by atoms with van der Waals surface area (Å²) < 4.78 is 0. The number of aliphatic hydroxyl groups is 1. The third-order valence-corrected chi connectivity index (χ3v) is 1.90. The molecule has 6 nitrogen and oxygen atoms in total. The first-order valence-electron chi connectivity index (χ1n) is 4.15. The van der Waals surface area contributed by atoms with E-state index in [0.29, 0.717) is 11.0 Å². The van der Waals surface area contributed by atoms with Crippen molar-refractivity contribution in [1.29, 1.82) is 0 Å². The first-order chi connectivity index (χ1) is 6.48. The zero-order chi connectivity index (χ0) is 10.3. The van der Waals surface area contributed by atoms with Crippen LogP contribution in [0, 0.1) is 0 Å². The molecule has 0 aliphatic heterocycles. The molecule has 0 saturated carbocycles. The van der Waals surface area contributed by atoms with Crippen LogP contribution in [0.1, 0.15) is 19.7 Å². The first-order valence-corrected chi connectivity index (χ1v) is 4.15. The second-order valence-electron chi connectivity index (χ2n) is 3.61. The molecular formula is C8H10N4O2. The summed E-state index contributed by atoms with van der Waals surface area (Å²) in [4.78, 5) is 18.0. The molecule has 0 aliphatic carbocycles. The lowest BCUT2D eigenvalue weighted by Crippen LogP contribution is -2.24. The van der Waals surface area contributed by atoms with Crippen molar-refractivity contribution < 1.29 is 5.11 Å². The van der Waals surface area contributed by atoms with Crippen LogP contribution in [-0.2, 0) is 5.60 Å². The van der Waals surface area contributed by atoms with Gasteiger partial charge < -0.3 is 10.1 Å². The molecule has 2 aromatic rings. The fraction of sp³-hybridized carbons (Fsp3) is 0.375. The molecule has 0 aromatic carbocycles. The highest BCUT2D eigenvalue weighted by Crippen LogP contribution is 2.14. The van der Waals surface area contributed by atoms with Crippen molar-refractivity contribution >= 4 is 11.0 Å². The molecule has 0 spiro atoms. The van der Waals surface area contributed by atoms with Crippen LogP contribution < -0.4 is 5.56 Å². The molecule has 0 saturated heterocycles. The van der Waals surface area contributed by atoms with Crippen LogP contribution in [-0.4, -0.2) is 25.3 Å².